The number of hydrogen-bond donors (Lipinski definition) is 2. The quantitative estimate of drug-likeness (QED) is 0.508. The Morgan fingerprint density at radius 1 is 1.00 bits per heavy atom. The Labute approximate surface area is 174 Å². The number of hydrogen-bond acceptors (Lipinski definition) is 6. The van der Waals surface area contributed by atoms with Crippen LogP contribution in [0.2, 0.25) is 0 Å². The lowest BCUT2D eigenvalue weighted by Crippen LogP contribution is -1.99. The summed E-state index contributed by atoms with van der Waals surface area (Å²) in [6.07, 6.45) is 7.74. The van der Waals surface area contributed by atoms with E-state index in [1.54, 1.807) is 18.6 Å². The van der Waals surface area contributed by atoms with Crippen LogP contribution in [0.3, 0.4) is 0 Å². The molecule has 0 unspecified atom stereocenters. The summed E-state index contributed by atoms with van der Waals surface area (Å²) in [6.45, 7) is 2.08. The van der Waals surface area contributed by atoms with Crippen molar-refractivity contribution >= 4 is 28.2 Å². The smallest absolute Gasteiger partial charge is 0.135 e. The monoisotopic (exact) mass is 395 g/mol. The van der Waals surface area contributed by atoms with Crippen molar-refractivity contribution in [2.45, 2.75) is 25.8 Å². The first-order chi connectivity index (χ1) is 14.7. The molecule has 148 valence electrons. The molecule has 4 aromatic heterocycles. The van der Waals surface area contributed by atoms with Gasteiger partial charge in [0, 0.05) is 42.1 Å². The molecule has 1 aliphatic rings. The first-order valence-electron chi connectivity index (χ1n) is 9.94. The number of rotatable bonds is 4. The van der Waals surface area contributed by atoms with Gasteiger partial charge in [0.15, 0.2) is 0 Å². The molecule has 7 heteroatoms. The van der Waals surface area contributed by atoms with E-state index in [2.05, 4.69) is 54.1 Å². The maximum Gasteiger partial charge on any atom is 0.135 e. The molecular weight excluding hydrogens is 374 g/mol. The second-order valence-electron chi connectivity index (χ2n) is 7.32. The summed E-state index contributed by atoms with van der Waals surface area (Å²) < 4.78 is 2.09. The van der Waals surface area contributed by atoms with E-state index in [9.17, 15) is 0 Å². The molecule has 1 aliphatic carbocycles. The highest BCUT2D eigenvalue weighted by Crippen LogP contribution is 2.35. The lowest BCUT2D eigenvalue weighted by molar-refractivity contribution is 0.620. The Morgan fingerprint density at radius 3 is 2.67 bits per heavy atom. The van der Waals surface area contributed by atoms with Crippen LogP contribution in [0.1, 0.15) is 35.8 Å². The van der Waals surface area contributed by atoms with Crippen LogP contribution in [0.5, 0.6) is 0 Å². The molecule has 0 bridgehead atoms. The Bertz CT molecular complexity index is 1280. The number of anilines is 3. The molecule has 0 amide bonds. The van der Waals surface area contributed by atoms with Crippen molar-refractivity contribution in [2.24, 2.45) is 0 Å². The first-order valence-corrected chi connectivity index (χ1v) is 9.94. The van der Waals surface area contributed by atoms with Crippen LogP contribution in [0.4, 0.5) is 17.5 Å². The van der Waals surface area contributed by atoms with E-state index >= 15 is 0 Å². The zero-order chi connectivity index (χ0) is 20.5. The van der Waals surface area contributed by atoms with Crippen LogP contribution in [0, 0.1) is 18.8 Å². The molecule has 0 aromatic carbocycles. The van der Waals surface area contributed by atoms with Gasteiger partial charge in [-0.3, -0.25) is 4.68 Å². The molecule has 0 aliphatic heterocycles. The highest BCUT2D eigenvalue weighted by molar-refractivity contribution is 5.96. The normalized spacial score (nSPS) is 13.0. The van der Waals surface area contributed by atoms with Gasteiger partial charge in [0.1, 0.15) is 23.1 Å². The van der Waals surface area contributed by atoms with Crippen LogP contribution in [0.25, 0.3) is 10.8 Å². The molecular formula is C23H21N7. The Balaban J connectivity index is 1.54. The van der Waals surface area contributed by atoms with Crippen molar-refractivity contribution in [1.82, 2.24) is 24.7 Å². The van der Waals surface area contributed by atoms with Gasteiger partial charge in [-0.05, 0) is 50.0 Å². The fourth-order valence-electron chi connectivity index (χ4n) is 3.44. The van der Waals surface area contributed by atoms with Crippen molar-refractivity contribution in [2.75, 3.05) is 17.7 Å². The van der Waals surface area contributed by atoms with Crippen LogP contribution in [-0.4, -0.2) is 31.8 Å². The van der Waals surface area contributed by atoms with E-state index in [1.165, 1.54) is 12.8 Å². The van der Waals surface area contributed by atoms with E-state index in [-0.39, 0.29) is 0 Å². The van der Waals surface area contributed by atoms with Gasteiger partial charge in [-0.25, -0.2) is 15.0 Å². The summed E-state index contributed by atoms with van der Waals surface area (Å²) in [4.78, 5) is 13.3. The number of aromatic nitrogens is 5. The molecule has 0 atom stereocenters. The molecule has 0 spiro atoms. The Kier molecular flexibility index (Phi) is 4.52. The molecule has 0 radical (unpaired) electrons. The number of nitrogens with zero attached hydrogens (tertiary/aromatic N) is 5. The van der Waals surface area contributed by atoms with Gasteiger partial charge in [-0.15, -0.1) is 0 Å². The van der Waals surface area contributed by atoms with Crippen LogP contribution in [-0.2, 0) is 0 Å². The minimum Gasteiger partial charge on any atom is -0.373 e. The van der Waals surface area contributed by atoms with E-state index in [4.69, 9.17) is 0 Å². The number of aryl methyl sites for hydroxylation is 1. The van der Waals surface area contributed by atoms with Crippen molar-refractivity contribution in [3.8, 4) is 11.8 Å². The van der Waals surface area contributed by atoms with Gasteiger partial charge >= 0.3 is 0 Å². The van der Waals surface area contributed by atoms with Gasteiger partial charge < -0.3 is 10.6 Å². The van der Waals surface area contributed by atoms with Gasteiger partial charge in [0.05, 0.1) is 11.6 Å². The summed E-state index contributed by atoms with van der Waals surface area (Å²) in [6, 6.07) is 10.3. The Morgan fingerprint density at radius 2 is 1.90 bits per heavy atom. The summed E-state index contributed by atoms with van der Waals surface area (Å²) in [5.41, 5.74) is 2.77. The fraction of sp³-hybridized carbons (Fsp3) is 0.217. The molecule has 0 saturated heterocycles. The lowest BCUT2D eigenvalue weighted by Gasteiger charge is -2.09. The molecule has 5 rings (SSSR count). The third-order valence-electron chi connectivity index (χ3n) is 5.07. The third-order valence-corrected chi connectivity index (χ3v) is 5.07. The molecule has 2 N–H and O–H groups in total. The number of nitrogens with one attached hydrogen (secondary N) is 2. The summed E-state index contributed by atoms with van der Waals surface area (Å²) >= 11 is 0. The molecule has 1 fully saturated rings. The maximum atomic E-state index is 4.65. The minimum absolute atomic E-state index is 0.546. The Hall–Kier alpha value is -3.92. The largest absolute Gasteiger partial charge is 0.373 e. The summed E-state index contributed by atoms with van der Waals surface area (Å²) in [5, 5.41) is 12.9. The van der Waals surface area contributed by atoms with Gasteiger partial charge in [0.25, 0.3) is 0 Å². The SMILES string of the molecule is CNc1ncc(C#Cc2cc(C)n(C3CC3)n2)c2cc(Nc3ccccn3)ncc12. The van der Waals surface area contributed by atoms with Crippen molar-refractivity contribution in [3.63, 3.8) is 0 Å². The minimum atomic E-state index is 0.546. The van der Waals surface area contributed by atoms with Crippen molar-refractivity contribution in [1.29, 1.82) is 0 Å². The summed E-state index contributed by atoms with van der Waals surface area (Å²) in [7, 11) is 1.85. The van der Waals surface area contributed by atoms with Gasteiger partial charge in [-0.2, -0.15) is 5.10 Å². The van der Waals surface area contributed by atoms with E-state index < -0.39 is 0 Å². The van der Waals surface area contributed by atoms with E-state index in [0.29, 0.717) is 11.9 Å². The standard InChI is InChI=1S/C23H21N7/c1-15-11-17(29-30(15)18-8-9-18)7-6-16-13-27-23(24-2)20-14-26-22(12-19(16)20)28-21-5-3-4-10-25-21/h3-5,10-14,18H,8-9H2,1-2H3,(H,24,27)(H,25,26,28). The molecule has 7 nitrogen and oxygen atoms in total. The highest BCUT2D eigenvalue weighted by atomic mass is 15.3. The molecule has 4 aromatic rings. The second kappa shape index (κ2) is 7.48. The average molecular weight is 395 g/mol. The molecule has 4 heterocycles. The van der Waals surface area contributed by atoms with Crippen molar-refractivity contribution < 1.29 is 0 Å². The lowest BCUT2D eigenvalue weighted by atomic mass is 10.1. The van der Waals surface area contributed by atoms with Crippen molar-refractivity contribution in [3.05, 3.63) is 65.9 Å². The van der Waals surface area contributed by atoms with E-state index in [1.807, 2.05) is 37.4 Å². The third kappa shape index (κ3) is 3.55. The maximum absolute atomic E-state index is 4.65. The zero-order valence-corrected chi connectivity index (χ0v) is 16.8. The molecule has 1 saturated carbocycles. The zero-order valence-electron chi connectivity index (χ0n) is 16.8. The topological polar surface area (TPSA) is 80.5 Å². The predicted octanol–water partition coefficient (Wildman–Crippen LogP) is 4.05. The van der Waals surface area contributed by atoms with Crippen LogP contribution >= 0.6 is 0 Å². The van der Waals surface area contributed by atoms with Crippen LogP contribution < -0.4 is 10.6 Å². The van der Waals surface area contributed by atoms with Gasteiger partial charge in [0.2, 0.25) is 0 Å². The first kappa shape index (κ1) is 18.1. The number of fused-ring (bicyclic) bond motifs is 1. The summed E-state index contributed by atoms with van der Waals surface area (Å²) in [5.74, 6) is 8.67. The second-order valence-corrected chi connectivity index (χ2v) is 7.32. The predicted molar refractivity (Wildman–Crippen MR) is 118 cm³/mol. The van der Waals surface area contributed by atoms with Gasteiger partial charge in [-0.1, -0.05) is 12.0 Å². The number of pyridine rings is 3. The average Bonchev–Trinajstić information content (AvgIpc) is 3.55. The molecule has 30 heavy (non-hydrogen) atoms. The van der Waals surface area contributed by atoms with Crippen LogP contribution in [0.15, 0.2) is 48.9 Å². The highest BCUT2D eigenvalue weighted by Gasteiger charge is 2.25. The van der Waals surface area contributed by atoms with E-state index in [0.717, 1.165) is 39.4 Å². The fourth-order valence-corrected chi connectivity index (χ4v) is 3.44.